The largest absolute Gasteiger partial charge is 0.492 e. The first-order valence-corrected chi connectivity index (χ1v) is 13.2. The van der Waals surface area contributed by atoms with Crippen molar-refractivity contribution in [1.29, 1.82) is 0 Å². The number of rotatable bonds is 9. The quantitative estimate of drug-likeness (QED) is 0.522. The van der Waals surface area contributed by atoms with Gasteiger partial charge in [-0.25, -0.2) is 21.6 Å². The van der Waals surface area contributed by atoms with E-state index in [2.05, 4.69) is 4.72 Å². The standard InChI is InChI=1S/C19H22Cl2N2O6S2/c20-16-2-1-15(19(21)13-16)14-30(24,25)22-7-10-29-17-3-5-18(6-4-17)31(26,27)23-8-11-28-12-9-23/h1-6,13,22H,7-12,14H2. The van der Waals surface area contributed by atoms with Gasteiger partial charge in [0.25, 0.3) is 0 Å². The number of hydrogen-bond acceptors (Lipinski definition) is 6. The second-order valence-corrected chi connectivity index (χ2v) is 11.3. The fourth-order valence-corrected chi connectivity index (χ4v) is 6.02. The number of sulfonamides is 2. The summed E-state index contributed by atoms with van der Waals surface area (Å²) in [5, 5.41) is 0.706. The van der Waals surface area contributed by atoms with Gasteiger partial charge >= 0.3 is 0 Å². The molecular weight excluding hydrogens is 487 g/mol. The van der Waals surface area contributed by atoms with Crippen LogP contribution in [-0.4, -0.2) is 60.6 Å². The van der Waals surface area contributed by atoms with E-state index in [0.29, 0.717) is 42.6 Å². The number of ether oxygens (including phenoxy) is 2. The number of halogens is 2. The van der Waals surface area contributed by atoms with Crippen LogP contribution in [0.2, 0.25) is 10.0 Å². The first-order valence-electron chi connectivity index (χ1n) is 9.39. The fraction of sp³-hybridized carbons (Fsp3) is 0.368. The summed E-state index contributed by atoms with van der Waals surface area (Å²) in [4.78, 5) is 0.169. The van der Waals surface area contributed by atoms with Gasteiger partial charge in [-0.15, -0.1) is 0 Å². The third kappa shape index (κ3) is 6.79. The molecule has 2 aromatic rings. The maximum atomic E-state index is 12.6. The molecule has 1 N–H and O–H groups in total. The van der Waals surface area contributed by atoms with Gasteiger partial charge in [0.05, 0.1) is 23.9 Å². The Hall–Kier alpha value is -1.40. The van der Waals surface area contributed by atoms with Crippen LogP contribution in [0.4, 0.5) is 0 Å². The highest BCUT2D eigenvalue weighted by atomic mass is 35.5. The minimum Gasteiger partial charge on any atom is -0.492 e. The number of nitrogens with one attached hydrogen (secondary N) is 1. The van der Waals surface area contributed by atoms with Crippen LogP contribution in [0, 0.1) is 0 Å². The molecule has 1 saturated heterocycles. The van der Waals surface area contributed by atoms with Crippen LogP contribution in [0.1, 0.15) is 5.56 Å². The molecule has 0 aromatic heterocycles. The maximum absolute atomic E-state index is 12.6. The predicted molar refractivity (Wildman–Crippen MR) is 119 cm³/mol. The van der Waals surface area contributed by atoms with Gasteiger partial charge in [-0.1, -0.05) is 29.3 Å². The van der Waals surface area contributed by atoms with Crippen molar-refractivity contribution >= 4 is 43.2 Å². The SMILES string of the molecule is O=S(=O)(Cc1ccc(Cl)cc1Cl)NCCOc1ccc(S(=O)(=O)N2CCOCC2)cc1. The van der Waals surface area contributed by atoms with Crippen LogP contribution in [-0.2, 0) is 30.5 Å². The highest BCUT2D eigenvalue weighted by Crippen LogP contribution is 2.23. The number of hydrogen-bond donors (Lipinski definition) is 1. The van der Waals surface area contributed by atoms with Crippen molar-refractivity contribution in [2.24, 2.45) is 0 Å². The molecule has 0 aliphatic carbocycles. The van der Waals surface area contributed by atoms with Crippen molar-refractivity contribution in [3.05, 3.63) is 58.1 Å². The second kappa shape index (κ2) is 10.5. The molecule has 1 aliphatic heterocycles. The highest BCUT2D eigenvalue weighted by Gasteiger charge is 2.26. The predicted octanol–water partition coefficient (Wildman–Crippen LogP) is 2.51. The Kier molecular flexibility index (Phi) is 8.19. The molecule has 1 heterocycles. The van der Waals surface area contributed by atoms with E-state index in [1.807, 2.05) is 0 Å². The third-order valence-electron chi connectivity index (χ3n) is 4.48. The van der Waals surface area contributed by atoms with Crippen molar-refractivity contribution in [3.63, 3.8) is 0 Å². The minimum atomic E-state index is -3.62. The Labute approximate surface area is 192 Å². The Balaban J connectivity index is 1.49. The van der Waals surface area contributed by atoms with Crippen molar-refractivity contribution in [2.45, 2.75) is 10.6 Å². The summed E-state index contributed by atoms with van der Waals surface area (Å²) >= 11 is 11.8. The summed E-state index contributed by atoms with van der Waals surface area (Å²) in [6.07, 6.45) is 0. The van der Waals surface area contributed by atoms with Crippen LogP contribution >= 0.6 is 23.2 Å². The molecule has 3 rings (SSSR count). The van der Waals surface area contributed by atoms with Crippen molar-refractivity contribution in [2.75, 3.05) is 39.5 Å². The van der Waals surface area contributed by atoms with E-state index in [0.717, 1.165) is 0 Å². The molecule has 8 nitrogen and oxygen atoms in total. The normalized spacial score (nSPS) is 15.7. The molecule has 0 unspecified atom stereocenters. The van der Waals surface area contributed by atoms with Crippen LogP contribution in [0.3, 0.4) is 0 Å². The summed E-state index contributed by atoms with van der Waals surface area (Å²) in [6.45, 7) is 1.51. The smallest absolute Gasteiger partial charge is 0.243 e. The van der Waals surface area contributed by atoms with Gasteiger partial charge in [0, 0.05) is 29.7 Å². The molecule has 170 valence electrons. The molecule has 1 fully saturated rings. The first kappa shape index (κ1) is 24.2. The van der Waals surface area contributed by atoms with E-state index in [1.54, 1.807) is 12.1 Å². The Morgan fingerprint density at radius 2 is 1.68 bits per heavy atom. The Bertz CT molecular complexity index is 1100. The minimum absolute atomic E-state index is 0.0430. The lowest BCUT2D eigenvalue weighted by molar-refractivity contribution is 0.0730. The molecule has 0 radical (unpaired) electrons. The highest BCUT2D eigenvalue weighted by molar-refractivity contribution is 7.89. The molecular formula is C19H22Cl2N2O6S2. The van der Waals surface area contributed by atoms with E-state index < -0.39 is 20.0 Å². The average Bonchev–Trinajstić information content (AvgIpc) is 2.74. The number of nitrogens with zero attached hydrogens (tertiary/aromatic N) is 1. The molecule has 1 aliphatic rings. The molecule has 31 heavy (non-hydrogen) atoms. The Morgan fingerprint density at radius 3 is 2.32 bits per heavy atom. The van der Waals surface area contributed by atoms with Crippen LogP contribution < -0.4 is 9.46 Å². The Morgan fingerprint density at radius 1 is 1.00 bits per heavy atom. The molecule has 12 heteroatoms. The van der Waals surface area contributed by atoms with Gasteiger partial charge < -0.3 is 9.47 Å². The fourth-order valence-electron chi connectivity index (χ4n) is 2.90. The lowest BCUT2D eigenvalue weighted by Crippen LogP contribution is -2.40. The average molecular weight is 509 g/mol. The summed E-state index contributed by atoms with van der Waals surface area (Å²) in [6, 6.07) is 10.6. The maximum Gasteiger partial charge on any atom is 0.243 e. The summed E-state index contributed by atoms with van der Waals surface area (Å²) < 4.78 is 64.1. The number of morpholine rings is 1. The molecule has 0 spiro atoms. The van der Waals surface area contributed by atoms with E-state index in [9.17, 15) is 16.8 Å². The van der Waals surface area contributed by atoms with Crippen LogP contribution in [0.25, 0.3) is 0 Å². The second-order valence-electron chi connectivity index (χ2n) is 6.73. The molecule has 2 aromatic carbocycles. The van der Waals surface area contributed by atoms with Gasteiger partial charge in [0.1, 0.15) is 12.4 Å². The topological polar surface area (TPSA) is 102 Å². The van der Waals surface area contributed by atoms with E-state index in [4.69, 9.17) is 32.7 Å². The van der Waals surface area contributed by atoms with Gasteiger partial charge in [0.2, 0.25) is 20.0 Å². The summed E-state index contributed by atoms with van der Waals surface area (Å²) in [7, 11) is -7.19. The lowest BCUT2D eigenvalue weighted by Gasteiger charge is -2.26. The summed E-state index contributed by atoms with van der Waals surface area (Å²) in [5.41, 5.74) is 0.441. The summed E-state index contributed by atoms with van der Waals surface area (Å²) in [5.74, 6) is 0.151. The van der Waals surface area contributed by atoms with Crippen LogP contribution in [0.15, 0.2) is 47.4 Å². The van der Waals surface area contributed by atoms with Crippen molar-refractivity contribution < 1.29 is 26.3 Å². The van der Waals surface area contributed by atoms with Gasteiger partial charge in [-0.05, 0) is 42.0 Å². The molecule has 0 saturated carbocycles. The van der Waals surface area contributed by atoms with Gasteiger partial charge in [-0.2, -0.15) is 4.31 Å². The zero-order valence-electron chi connectivity index (χ0n) is 16.5. The van der Waals surface area contributed by atoms with Crippen molar-refractivity contribution in [1.82, 2.24) is 9.03 Å². The zero-order valence-corrected chi connectivity index (χ0v) is 19.6. The van der Waals surface area contributed by atoms with Gasteiger partial charge in [-0.3, -0.25) is 0 Å². The third-order valence-corrected chi connectivity index (χ3v) is 8.32. The number of benzene rings is 2. The van der Waals surface area contributed by atoms with Gasteiger partial charge in [0.15, 0.2) is 0 Å². The van der Waals surface area contributed by atoms with E-state index in [-0.39, 0.29) is 28.8 Å². The molecule has 0 amide bonds. The van der Waals surface area contributed by atoms with E-state index in [1.165, 1.54) is 34.6 Å². The lowest BCUT2D eigenvalue weighted by atomic mass is 10.2. The molecule has 0 bridgehead atoms. The van der Waals surface area contributed by atoms with Crippen molar-refractivity contribution in [3.8, 4) is 5.75 Å². The monoisotopic (exact) mass is 508 g/mol. The molecule has 0 atom stereocenters. The first-order chi connectivity index (χ1) is 14.7. The zero-order chi connectivity index (χ0) is 22.5. The van der Waals surface area contributed by atoms with Crippen LogP contribution in [0.5, 0.6) is 5.75 Å². The van der Waals surface area contributed by atoms with E-state index >= 15 is 0 Å².